The molecule has 1 atom stereocenters. The van der Waals surface area contributed by atoms with Crippen molar-refractivity contribution in [3.05, 3.63) is 54.2 Å². The smallest absolute Gasteiger partial charge is 0.277 e. The van der Waals surface area contributed by atoms with Gasteiger partial charge in [0.05, 0.1) is 22.8 Å². The van der Waals surface area contributed by atoms with Gasteiger partial charge >= 0.3 is 0 Å². The molecule has 25 heavy (non-hydrogen) atoms. The highest BCUT2D eigenvalue weighted by molar-refractivity contribution is 7.99. The lowest BCUT2D eigenvalue weighted by Gasteiger charge is -2.08. The molecular formula is C16H14N6O2S. The van der Waals surface area contributed by atoms with Gasteiger partial charge in [-0.1, -0.05) is 30.0 Å². The Morgan fingerprint density at radius 3 is 2.68 bits per heavy atom. The van der Waals surface area contributed by atoms with Gasteiger partial charge in [-0.25, -0.2) is 0 Å². The number of hydrogen-bond acceptors (Lipinski definition) is 8. The van der Waals surface area contributed by atoms with Crippen LogP contribution in [0.1, 0.15) is 23.8 Å². The van der Waals surface area contributed by atoms with Crippen molar-refractivity contribution in [3.63, 3.8) is 0 Å². The lowest BCUT2D eigenvalue weighted by Crippen LogP contribution is -2.04. The van der Waals surface area contributed by atoms with E-state index in [1.807, 2.05) is 44.2 Å². The number of furan rings is 1. The maximum Gasteiger partial charge on any atom is 0.277 e. The van der Waals surface area contributed by atoms with Crippen LogP contribution in [0.4, 0.5) is 0 Å². The van der Waals surface area contributed by atoms with E-state index in [4.69, 9.17) is 8.83 Å². The molecule has 126 valence electrons. The number of para-hydroxylation sites is 1. The molecule has 8 nitrogen and oxygen atoms in total. The number of benzene rings is 1. The summed E-state index contributed by atoms with van der Waals surface area (Å²) in [6, 6.07) is 11.5. The lowest BCUT2D eigenvalue weighted by molar-refractivity contribution is 0.462. The van der Waals surface area contributed by atoms with Crippen molar-refractivity contribution in [2.45, 2.75) is 24.3 Å². The molecule has 0 aliphatic rings. The molecule has 0 aliphatic heterocycles. The standard InChI is InChI=1S/C16H14N6O2S/c1-10-13(8-9-23-10)15-18-19-16(24-15)25-11(2)14-17-20-21-22(14)12-6-4-3-5-7-12/h3-9,11H,1-2H3/t11-/m0/s1. The second-order valence-electron chi connectivity index (χ2n) is 5.31. The summed E-state index contributed by atoms with van der Waals surface area (Å²) >= 11 is 1.40. The Labute approximate surface area is 147 Å². The Bertz CT molecular complexity index is 977. The highest BCUT2D eigenvalue weighted by atomic mass is 32.2. The monoisotopic (exact) mass is 354 g/mol. The summed E-state index contributed by atoms with van der Waals surface area (Å²) in [7, 11) is 0. The molecule has 1 aromatic carbocycles. The number of hydrogen-bond donors (Lipinski definition) is 0. The molecule has 0 saturated carbocycles. The quantitative estimate of drug-likeness (QED) is 0.503. The van der Waals surface area contributed by atoms with E-state index in [1.165, 1.54) is 11.8 Å². The van der Waals surface area contributed by atoms with Crippen LogP contribution in [0.5, 0.6) is 0 Å². The number of aromatic nitrogens is 6. The topological polar surface area (TPSA) is 95.7 Å². The first-order valence-electron chi connectivity index (χ1n) is 7.60. The molecule has 0 N–H and O–H groups in total. The first-order valence-corrected chi connectivity index (χ1v) is 8.48. The van der Waals surface area contributed by atoms with Gasteiger partial charge in [-0.2, -0.15) is 4.68 Å². The maximum absolute atomic E-state index is 5.73. The van der Waals surface area contributed by atoms with Crippen molar-refractivity contribution in [3.8, 4) is 17.1 Å². The fourth-order valence-corrected chi connectivity index (χ4v) is 3.15. The van der Waals surface area contributed by atoms with E-state index in [0.29, 0.717) is 16.9 Å². The molecular weight excluding hydrogens is 340 g/mol. The number of rotatable bonds is 5. The Balaban J connectivity index is 1.56. The minimum Gasteiger partial charge on any atom is -0.469 e. The molecule has 0 aliphatic carbocycles. The van der Waals surface area contributed by atoms with E-state index >= 15 is 0 Å². The Hall–Kier alpha value is -2.94. The van der Waals surface area contributed by atoms with Gasteiger partial charge in [0.15, 0.2) is 5.82 Å². The number of tetrazole rings is 1. The van der Waals surface area contributed by atoms with Crippen LogP contribution >= 0.6 is 11.8 Å². The molecule has 3 aromatic heterocycles. The van der Waals surface area contributed by atoms with Crippen LogP contribution in [0.15, 0.2) is 56.7 Å². The molecule has 0 saturated heterocycles. The highest BCUT2D eigenvalue weighted by Crippen LogP contribution is 2.35. The van der Waals surface area contributed by atoms with E-state index in [0.717, 1.165) is 17.0 Å². The second-order valence-corrected chi connectivity index (χ2v) is 6.60. The third-order valence-electron chi connectivity index (χ3n) is 3.63. The van der Waals surface area contributed by atoms with Crippen molar-refractivity contribution in [2.75, 3.05) is 0 Å². The Morgan fingerprint density at radius 1 is 1.08 bits per heavy atom. The molecule has 0 unspecified atom stereocenters. The zero-order valence-electron chi connectivity index (χ0n) is 13.5. The van der Waals surface area contributed by atoms with Gasteiger partial charge in [-0.15, -0.1) is 15.3 Å². The molecule has 0 spiro atoms. The number of thioether (sulfide) groups is 1. The first kappa shape index (κ1) is 15.6. The molecule has 0 amide bonds. The molecule has 0 fully saturated rings. The summed E-state index contributed by atoms with van der Waals surface area (Å²) in [4.78, 5) is 0. The number of nitrogens with zero attached hydrogens (tertiary/aromatic N) is 6. The minimum atomic E-state index is -0.0750. The average Bonchev–Trinajstić information content (AvgIpc) is 3.35. The van der Waals surface area contributed by atoms with Crippen LogP contribution in [0.2, 0.25) is 0 Å². The molecule has 4 rings (SSSR count). The normalized spacial score (nSPS) is 12.4. The molecule has 4 aromatic rings. The van der Waals surface area contributed by atoms with Crippen molar-refractivity contribution in [2.24, 2.45) is 0 Å². The fraction of sp³-hybridized carbons (Fsp3) is 0.188. The summed E-state index contributed by atoms with van der Waals surface area (Å²) in [6.07, 6.45) is 1.60. The van der Waals surface area contributed by atoms with Gasteiger partial charge in [0.1, 0.15) is 5.76 Å². The van der Waals surface area contributed by atoms with Crippen LogP contribution in [-0.2, 0) is 0 Å². The lowest BCUT2D eigenvalue weighted by atomic mass is 10.3. The van der Waals surface area contributed by atoms with Crippen LogP contribution in [0, 0.1) is 6.92 Å². The van der Waals surface area contributed by atoms with E-state index in [9.17, 15) is 0 Å². The predicted octanol–water partition coefficient (Wildman–Crippen LogP) is 3.47. The Morgan fingerprint density at radius 2 is 1.92 bits per heavy atom. The van der Waals surface area contributed by atoms with Gasteiger partial charge in [0.2, 0.25) is 0 Å². The van der Waals surface area contributed by atoms with Gasteiger partial charge in [-0.05, 0) is 42.5 Å². The van der Waals surface area contributed by atoms with Gasteiger partial charge in [-0.3, -0.25) is 0 Å². The number of aryl methyl sites for hydroxylation is 1. The van der Waals surface area contributed by atoms with E-state index in [-0.39, 0.29) is 5.25 Å². The van der Waals surface area contributed by atoms with Crippen LogP contribution in [-0.4, -0.2) is 30.4 Å². The second kappa shape index (κ2) is 6.52. The predicted molar refractivity (Wildman–Crippen MR) is 90.2 cm³/mol. The van der Waals surface area contributed by atoms with Crippen LogP contribution in [0.25, 0.3) is 17.1 Å². The summed E-state index contributed by atoms with van der Waals surface area (Å²) in [5, 5.41) is 20.5. The van der Waals surface area contributed by atoms with Gasteiger partial charge in [0.25, 0.3) is 11.1 Å². The largest absolute Gasteiger partial charge is 0.469 e. The minimum absolute atomic E-state index is 0.0750. The van der Waals surface area contributed by atoms with E-state index in [1.54, 1.807) is 17.0 Å². The fourth-order valence-electron chi connectivity index (χ4n) is 2.38. The van der Waals surface area contributed by atoms with E-state index < -0.39 is 0 Å². The molecule has 3 heterocycles. The van der Waals surface area contributed by atoms with Crippen LogP contribution < -0.4 is 0 Å². The summed E-state index contributed by atoms with van der Waals surface area (Å²) in [5.41, 5.74) is 1.69. The maximum atomic E-state index is 5.73. The van der Waals surface area contributed by atoms with Gasteiger partial charge < -0.3 is 8.83 Å². The zero-order valence-corrected chi connectivity index (χ0v) is 14.3. The molecule has 9 heteroatoms. The first-order chi connectivity index (χ1) is 12.2. The highest BCUT2D eigenvalue weighted by Gasteiger charge is 2.21. The average molecular weight is 354 g/mol. The third-order valence-corrected chi connectivity index (χ3v) is 4.56. The van der Waals surface area contributed by atoms with Crippen LogP contribution in [0.3, 0.4) is 0 Å². The summed E-state index contributed by atoms with van der Waals surface area (Å²) < 4.78 is 12.7. The molecule has 0 radical (unpaired) electrons. The van der Waals surface area contributed by atoms with Crippen molar-refractivity contribution < 1.29 is 8.83 Å². The van der Waals surface area contributed by atoms with Gasteiger partial charge in [0, 0.05) is 0 Å². The summed E-state index contributed by atoms with van der Waals surface area (Å²) in [5.74, 6) is 1.88. The third kappa shape index (κ3) is 3.05. The SMILES string of the molecule is Cc1occc1-c1nnc(S[C@@H](C)c2nnnn2-c2ccccc2)o1. The Kier molecular flexibility index (Phi) is 4.06. The van der Waals surface area contributed by atoms with Crippen molar-refractivity contribution in [1.82, 2.24) is 30.4 Å². The van der Waals surface area contributed by atoms with E-state index in [2.05, 4.69) is 25.7 Å². The van der Waals surface area contributed by atoms with Crippen molar-refractivity contribution in [1.29, 1.82) is 0 Å². The molecule has 0 bridgehead atoms. The van der Waals surface area contributed by atoms with Crippen molar-refractivity contribution >= 4 is 11.8 Å². The zero-order chi connectivity index (χ0) is 17.2. The summed E-state index contributed by atoms with van der Waals surface area (Å²) in [6.45, 7) is 3.84.